The van der Waals surface area contributed by atoms with Crippen LogP contribution in [0, 0.1) is 0 Å². The third-order valence-electron chi connectivity index (χ3n) is 3.27. The summed E-state index contributed by atoms with van der Waals surface area (Å²) in [6.07, 6.45) is 2.50. The molecule has 0 unspecified atom stereocenters. The van der Waals surface area contributed by atoms with Gasteiger partial charge in [-0.05, 0) is 31.5 Å². The fourth-order valence-electron chi connectivity index (χ4n) is 1.99. The molecule has 106 valence electrons. The molecule has 0 saturated heterocycles. The number of carbonyl (C=O) groups is 1. The van der Waals surface area contributed by atoms with Gasteiger partial charge in [-0.1, -0.05) is 18.5 Å². The van der Waals surface area contributed by atoms with Crippen molar-refractivity contribution >= 4 is 28.4 Å². The molecule has 1 heterocycles. The number of hydrogen-bond donors (Lipinski definition) is 1. The van der Waals surface area contributed by atoms with Crippen LogP contribution in [-0.4, -0.2) is 16.5 Å². The van der Waals surface area contributed by atoms with Gasteiger partial charge in [0.25, 0.3) is 0 Å². The first kappa shape index (κ1) is 14.6. The van der Waals surface area contributed by atoms with Crippen LogP contribution in [-0.2, 0) is 11.3 Å². The van der Waals surface area contributed by atoms with E-state index >= 15 is 0 Å². The van der Waals surface area contributed by atoms with E-state index in [2.05, 4.69) is 5.32 Å². The maximum absolute atomic E-state index is 12.0. The van der Waals surface area contributed by atoms with Gasteiger partial charge in [-0.25, -0.2) is 0 Å². The number of amides is 1. The molecular weight excluding hydrogens is 276 g/mol. The van der Waals surface area contributed by atoms with Crippen molar-refractivity contribution in [3.05, 3.63) is 45.7 Å². The molecule has 1 aromatic heterocycles. The van der Waals surface area contributed by atoms with Gasteiger partial charge in [0, 0.05) is 28.7 Å². The predicted molar refractivity (Wildman–Crippen MR) is 81.1 cm³/mol. The molecule has 0 radical (unpaired) electrons. The number of aromatic nitrogens is 1. The van der Waals surface area contributed by atoms with Crippen LogP contribution < -0.4 is 10.7 Å². The maximum Gasteiger partial charge on any atom is 0.240 e. The third-order valence-corrected chi connectivity index (χ3v) is 3.51. The summed E-state index contributed by atoms with van der Waals surface area (Å²) in [5.41, 5.74) is 0.597. The van der Waals surface area contributed by atoms with Crippen molar-refractivity contribution in [2.45, 2.75) is 32.9 Å². The first-order valence-electron chi connectivity index (χ1n) is 6.59. The van der Waals surface area contributed by atoms with Crippen LogP contribution in [0.1, 0.15) is 20.3 Å². The standard InChI is InChI=1S/C15H17ClN2O2/c1-3-10(2)17-15(20)9-18-7-6-14(19)12-5-4-11(16)8-13(12)18/h4-8,10H,3,9H2,1-2H3,(H,17,20)/t10-/m1/s1. The van der Waals surface area contributed by atoms with E-state index in [1.165, 1.54) is 6.07 Å². The van der Waals surface area contributed by atoms with E-state index in [0.717, 1.165) is 6.42 Å². The van der Waals surface area contributed by atoms with E-state index in [-0.39, 0.29) is 23.9 Å². The Morgan fingerprint density at radius 2 is 2.15 bits per heavy atom. The number of hydrogen-bond acceptors (Lipinski definition) is 2. The van der Waals surface area contributed by atoms with Crippen molar-refractivity contribution in [1.29, 1.82) is 0 Å². The van der Waals surface area contributed by atoms with E-state index in [0.29, 0.717) is 15.9 Å². The minimum absolute atomic E-state index is 0.0738. The first-order valence-corrected chi connectivity index (χ1v) is 6.97. The van der Waals surface area contributed by atoms with Crippen LogP contribution in [0.15, 0.2) is 35.3 Å². The van der Waals surface area contributed by atoms with E-state index in [9.17, 15) is 9.59 Å². The number of benzene rings is 1. The van der Waals surface area contributed by atoms with Gasteiger partial charge >= 0.3 is 0 Å². The normalized spacial score (nSPS) is 12.3. The highest BCUT2D eigenvalue weighted by Crippen LogP contribution is 2.16. The molecule has 1 atom stereocenters. The highest BCUT2D eigenvalue weighted by Gasteiger charge is 2.09. The van der Waals surface area contributed by atoms with Crippen molar-refractivity contribution in [3.63, 3.8) is 0 Å². The summed E-state index contributed by atoms with van der Waals surface area (Å²) in [4.78, 5) is 23.7. The molecule has 0 spiro atoms. The molecular formula is C15H17ClN2O2. The van der Waals surface area contributed by atoms with Gasteiger partial charge in [-0.15, -0.1) is 0 Å². The summed E-state index contributed by atoms with van der Waals surface area (Å²) in [5.74, 6) is -0.0794. The summed E-state index contributed by atoms with van der Waals surface area (Å²) in [5, 5.41) is 4.01. The number of nitrogens with zero attached hydrogens (tertiary/aromatic N) is 1. The van der Waals surface area contributed by atoms with Gasteiger partial charge in [0.2, 0.25) is 5.91 Å². The zero-order valence-electron chi connectivity index (χ0n) is 11.5. The van der Waals surface area contributed by atoms with Gasteiger partial charge in [-0.2, -0.15) is 0 Å². The van der Waals surface area contributed by atoms with Crippen LogP contribution in [0.3, 0.4) is 0 Å². The molecule has 2 rings (SSSR count). The summed E-state index contributed by atoms with van der Waals surface area (Å²) in [6.45, 7) is 4.14. The molecule has 0 fully saturated rings. The Bertz CT molecular complexity index is 694. The Morgan fingerprint density at radius 1 is 1.40 bits per heavy atom. The fourth-order valence-corrected chi connectivity index (χ4v) is 2.16. The second kappa shape index (κ2) is 6.09. The van der Waals surface area contributed by atoms with Crippen LogP contribution in [0.4, 0.5) is 0 Å². The fraction of sp³-hybridized carbons (Fsp3) is 0.333. The molecule has 0 saturated carbocycles. The molecule has 0 aliphatic heterocycles. The van der Waals surface area contributed by atoms with Crippen molar-refractivity contribution in [2.24, 2.45) is 0 Å². The smallest absolute Gasteiger partial charge is 0.240 e. The summed E-state index contributed by atoms with van der Waals surface area (Å²) in [6, 6.07) is 6.66. The van der Waals surface area contributed by atoms with Crippen LogP contribution in [0.25, 0.3) is 10.9 Å². The largest absolute Gasteiger partial charge is 0.352 e. The van der Waals surface area contributed by atoms with Crippen molar-refractivity contribution in [2.75, 3.05) is 0 Å². The summed E-state index contributed by atoms with van der Waals surface area (Å²) < 4.78 is 1.74. The van der Waals surface area contributed by atoms with Crippen molar-refractivity contribution < 1.29 is 4.79 Å². The highest BCUT2D eigenvalue weighted by atomic mass is 35.5. The second-order valence-corrected chi connectivity index (χ2v) is 5.28. The van der Waals surface area contributed by atoms with Gasteiger partial charge in [0.15, 0.2) is 5.43 Å². The van der Waals surface area contributed by atoms with Crippen LogP contribution >= 0.6 is 11.6 Å². The highest BCUT2D eigenvalue weighted by molar-refractivity contribution is 6.31. The van der Waals surface area contributed by atoms with Crippen molar-refractivity contribution in [1.82, 2.24) is 9.88 Å². The SMILES string of the molecule is CC[C@@H](C)NC(=O)Cn1ccc(=O)c2ccc(Cl)cc21. The quantitative estimate of drug-likeness (QED) is 0.941. The lowest BCUT2D eigenvalue weighted by molar-refractivity contribution is -0.122. The van der Waals surface area contributed by atoms with E-state index in [1.807, 2.05) is 13.8 Å². The molecule has 1 aromatic carbocycles. The average molecular weight is 293 g/mol. The number of fused-ring (bicyclic) bond motifs is 1. The Hall–Kier alpha value is -1.81. The number of carbonyl (C=O) groups excluding carboxylic acids is 1. The topological polar surface area (TPSA) is 51.1 Å². The maximum atomic E-state index is 12.0. The lowest BCUT2D eigenvalue weighted by Gasteiger charge is -2.14. The third kappa shape index (κ3) is 3.20. The van der Waals surface area contributed by atoms with E-state index in [1.54, 1.807) is 29.0 Å². The van der Waals surface area contributed by atoms with E-state index < -0.39 is 0 Å². The van der Waals surface area contributed by atoms with Crippen molar-refractivity contribution in [3.8, 4) is 0 Å². The molecule has 4 nitrogen and oxygen atoms in total. The zero-order chi connectivity index (χ0) is 14.7. The summed E-state index contributed by atoms with van der Waals surface area (Å²) >= 11 is 5.97. The molecule has 1 amide bonds. The van der Waals surface area contributed by atoms with Gasteiger partial charge in [-0.3, -0.25) is 9.59 Å². The number of pyridine rings is 1. The molecule has 1 N–H and O–H groups in total. The average Bonchev–Trinajstić information content (AvgIpc) is 2.41. The lowest BCUT2D eigenvalue weighted by Crippen LogP contribution is -2.34. The number of nitrogens with one attached hydrogen (secondary N) is 1. The summed E-state index contributed by atoms with van der Waals surface area (Å²) in [7, 11) is 0. The number of halogens is 1. The molecule has 0 aliphatic rings. The van der Waals surface area contributed by atoms with Gasteiger partial charge in [0.1, 0.15) is 6.54 Å². The molecule has 5 heteroatoms. The van der Waals surface area contributed by atoms with Gasteiger partial charge < -0.3 is 9.88 Å². The first-order chi connectivity index (χ1) is 9.51. The Morgan fingerprint density at radius 3 is 2.85 bits per heavy atom. The Kier molecular flexibility index (Phi) is 4.45. The molecule has 2 aromatic rings. The molecule has 0 bridgehead atoms. The zero-order valence-corrected chi connectivity index (χ0v) is 12.3. The molecule has 20 heavy (non-hydrogen) atoms. The number of rotatable bonds is 4. The Labute approximate surface area is 122 Å². The predicted octanol–water partition coefficient (Wildman–Crippen LogP) is 2.57. The monoisotopic (exact) mass is 292 g/mol. The Balaban J connectivity index is 2.35. The van der Waals surface area contributed by atoms with Crippen LogP contribution in [0.2, 0.25) is 5.02 Å². The molecule has 0 aliphatic carbocycles. The van der Waals surface area contributed by atoms with Crippen LogP contribution in [0.5, 0.6) is 0 Å². The minimum atomic E-state index is -0.0794. The second-order valence-electron chi connectivity index (χ2n) is 4.85. The van der Waals surface area contributed by atoms with Gasteiger partial charge in [0.05, 0.1) is 5.52 Å². The minimum Gasteiger partial charge on any atom is -0.352 e. The lowest BCUT2D eigenvalue weighted by atomic mass is 10.2. The van der Waals surface area contributed by atoms with E-state index in [4.69, 9.17) is 11.6 Å².